The highest BCUT2D eigenvalue weighted by atomic mass is 35.5. The maximum atomic E-state index is 9.20. The highest BCUT2D eigenvalue weighted by Crippen LogP contribution is 2.29. The van der Waals surface area contributed by atoms with Crippen LogP contribution in [0, 0.1) is 5.92 Å². The minimum Gasteiger partial charge on any atom is -0.290 e. The van der Waals surface area contributed by atoms with Crippen molar-refractivity contribution in [2.75, 3.05) is 0 Å². The average Bonchev–Trinajstić information content (AvgIpc) is 2.43. The SMILES string of the molecule is ONC(CC1CCCCC1)=Nc1ccc(Cl)c(Cl)c1. The van der Waals surface area contributed by atoms with Crippen LogP contribution in [0.15, 0.2) is 23.2 Å². The Hall–Kier alpha value is -0.770. The summed E-state index contributed by atoms with van der Waals surface area (Å²) < 4.78 is 0. The summed E-state index contributed by atoms with van der Waals surface area (Å²) in [5.74, 6) is 1.19. The summed E-state index contributed by atoms with van der Waals surface area (Å²) >= 11 is 11.8. The zero-order valence-electron chi connectivity index (χ0n) is 10.7. The molecule has 1 fully saturated rings. The van der Waals surface area contributed by atoms with Gasteiger partial charge in [-0.15, -0.1) is 0 Å². The first-order valence-electron chi connectivity index (χ1n) is 6.62. The van der Waals surface area contributed by atoms with E-state index in [-0.39, 0.29) is 0 Å². The fourth-order valence-electron chi connectivity index (χ4n) is 2.49. The molecule has 3 nitrogen and oxygen atoms in total. The number of hydrogen-bond donors (Lipinski definition) is 2. The van der Waals surface area contributed by atoms with Crippen molar-refractivity contribution in [1.29, 1.82) is 0 Å². The molecule has 0 amide bonds. The minimum absolute atomic E-state index is 0.470. The van der Waals surface area contributed by atoms with Gasteiger partial charge in [-0.3, -0.25) is 10.7 Å². The van der Waals surface area contributed by atoms with Crippen molar-refractivity contribution < 1.29 is 5.21 Å². The lowest BCUT2D eigenvalue weighted by Crippen LogP contribution is -2.23. The first-order valence-corrected chi connectivity index (χ1v) is 7.37. The first-order chi connectivity index (χ1) is 9.19. The van der Waals surface area contributed by atoms with Crippen molar-refractivity contribution >= 4 is 34.7 Å². The van der Waals surface area contributed by atoms with Gasteiger partial charge in [0.2, 0.25) is 0 Å². The second kappa shape index (κ2) is 7.13. The molecule has 1 saturated carbocycles. The molecule has 0 atom stereocenters. The van der Waals surface area contributed by atoms with E-state index in [0.29, 0.717) is 27.5 Å². The number of aliphatic imine (C=N–C) groups is 1. The van der Waals surface area contributed by atoms with Gasteiger partial charge in [-0.2, -0.15) is 0 Å². The van der Waals surface area contributed by atoms with Crippen molar-refractivity contribution in [1.82, 2.24) is 5.48 Å². The molecule has 0 bridgehead atoms. The van der Waals surface area contributed by atoms with Gasteiger partial charge in [0.05, 0.1) is 15.7 Å². The Morgan fingerprint density at radius 3 is 2.58 bits per heavy atom. The molecule has 0 aliphatic heterocycles. The van der Waals surface area contributed by atoms with Crippen LogP contribution in [0.2, 0.25) is 10.0 Å². The highest BCUT2D eigenvalue weighted by Gasteiger charge is 2.15. The summed E-state index contributed by atoms with van der Waals surface area (Å²) in [6.45, 7) is 0. The Kier molecular flexibility index (Phi) is 5.49. The zero-order valence-corrected chi connectivity index (χ0v) is 12.2. The Balaban J connectivity index is 2.06. The maximum absolute atomic E-state index is 9.20. The van der Waals surface area contributed by atoms with Crippen LogP contribution < -0.4 is 5.48 Å². The fourth-order valence-corrected chi connectivity index (χ4v) is 2.78. The summed E-state index contributed by atoms with van der Waals surface area (Å²) in [4.78, 5) is 4.39. The topological polar surface area (TPSA) is 44.6 Å². The van der Waals surface area contributed by atoms with Crippen LogP contribution in [0.5, 0.6) is 0 Å². The average molecular weight is 301 g/mol. The van der Waals surface area contributed by atoms with Gasteiger partial charge in [0.25, 0.3) is 0 Å². The Labute approximate surface area is 123 Å². The van der Waals surface area contributed by atoms with E-state index < -0.39 is 0 Å². The molecule has 5 heteroatoms. The van der Waals surface area contributed by atoms with Gasteiger partial charge in [-0.25, -0.2) is 4.99 Å². The number of rotatable bonds is 3. The van der Waals surface area contributed by atoms with Gasteiger partial charge in [0.15, 0.2) is 0 Å². The van der Waals surface area contributed by atoms with Crippen LogP contribution >= 0.6 is 23.2 Å². The van der Waals surface area contributed by atoms with E-state index in [1.807, 2.05) is 0 Å². The van der Waals surface area contributed by atoms with Crippen molar-refractivity contribution in [3.05, 3.63) is 28.2 Å². The molecule has 0 radical (unpaired) electrons. The van der Waals surface area contributed by atoms with Crippen LogP contribution in [0.25, 0.3) is 0 Å². The third-order valence-corrected chi connectivity index (χ3v) is 4.24. The molecule has 1 aliphatic carbocycles. The second-order valence-corrected chi connectivity index (χ2v) is 5.79. The van der Waals surface area contributed by atoms with Gasteiger partial charge >= 0.3 is 0 Å². The van der Waals surface area contributed by atoms with Crippen molar-refractivity contribution in [2.24, 2.45) is 10.9 Å². The molecule has 0 heterocycles. The highest BCUT2D eigenvalue weighted by molar-refractivity contribution is 6.42. The molecule has 1 aliphatic rings. The fraction of sp³-hybridized carbons (Fsp3) is 0.500. The van der Waals surface area contributed by atoms with Gasteiger partial charge in [-0.05, 0) is 24.1 Å². The summed E-state index contributed by atoms with van der Waals surface area (Å²) in [5, 5.41) is 10.2. The first kappa shape index (κ1) is 14.6. The molecule has 1 aromatic rings. The Bertz CT molecular complexity index is 457. The number of hydroxylamine groups is 1. The zero-order chi connectivity index (χ0) is 13.7. The van der Waals surface area contributed by atoms with E-state index >= 15 is 0 Å². The molecular weight excluding hydrogens is 283 g/mol. The van der Waals surface area contributed by atoms with Crippen LogP contribution in [0.1, 0.15) is 38.5 Å². The van der Waals surface area contributed by atoms with Gasteiger partial charge in [0.1, 0.15) is 5.84 Å². The molecule has 104 valence electrons. The quantitative estimate of drug-likeness (QED) is 0.470. The molecule has 0 aromatic heterocycles. The molecule has 0 spiro atoms. The van der Waals surface area contributed by atoms with E-state index in [1.165, 1.54) is 32.1 Å². The molecule has 2 N–H and O–H groups in total. The van der Waals surface area contributed by atoms with Crippen molar-refractivity contribution in [3.8, 4) is 0 Å². The number of amidine groups is 1. The standard InChI is InChI=1S/C14H18Cl2N2O/c15-12-7-6-11(9-13(12)16)17-14(18-19)8-10-4-2-1-3-5-10/h6-7,9-10,19H,1-5,8H2,(H,17,18). The summed E-state index contributed by atoms with van der Waals surface area (Å²) in [6, 6.07) is 5.19. The maximum Gasteiger partial charge on any atom is 0.126 e. The minimum atomic E-state index is 0.470. The summed E-state index contributed by atoms with van der Waals surface area (Å²) in [6.07, 6.45) is 7.06. The normalized spacial score (nSPS) is 17.5. The molecule has 1 aromatic carbocycles. The van der Waals surface area contributed by atoms with Crippen LogP contribution in [0.3, 0.4) is 0 Å². The van der Waals surface area contributed by atoms with Crippen molar-refractivity contribution in [2.45, 2.75) is 38.5 Å². The predicted molar refractivity (Wildman–Crippen MR) is 79.7 cm³/mol. The third-order valence-electron chi connectivity index (χ3n) is 3.50. The monoisotopic (exact) mass is 300 g/mol. The number of nitrogens with zero attached hydrogens (tertiary/aromatic N) is 1. The van der Waals surface area contributed by atoms with Crippen LogP contribution in [-0.2, 0) is 0 Å². The molecule has 0 unspecified atom stereocenters. The molecule has 0 saturated heterocycles. The molecular formula is C14H18Cl2N2O. The van der Waals surface area contributed by atoms with Gasteiger partial charge in [0, 0.05) is 6.42 Å². The lowest BCUT2D eigenvalue weighted by atomic mass is 9.87. The summed E-state index contributed by atoms with van der Waals surface area (Å²) in [7, 11) is 0. The largest absolute Gasteiger partial charge is 0.290 e. The smallest absolute Gasteiger partial charge is 0.126 e. The van der Waals surface area contributed by atoms with Gasteiger partial charge < -0.3 is 0 Å². The second-order valence-electron chi connectivity index (χ2n) is 4.98. The van der Waals surface area contributed by atoms with Crippen molar-refractivity contribution in [3.63, 3.8) is 0 Å². The molecule has 2 rings (SSSR count). The van der Waals surface area contributed by atoms with Crippen LogP contribution in [-0.4, -0.2) is 11.0 Å². The van der Waals surface area contributed by atoms with E-state index in [2.05, 4.69) is 10.5 Å². The Morgan fingerprint density at radius 2 is 1.95 bits per heavy atom. The number of halogens is 2. The van der Waals surface area contributed by atoms with Gasteiger partial charge in [-0.1, -0.05) is 55.3 Å². The number of hydrogen-bond acceptors (Lipinski definition) is 2. The van der Waals surface area contributed by atoms with E-state index in [0.717, 1.165) is 6.42 Å². The van der Waals surface area contributed by atoms with Crippen LogP contribution in [0.4, 0.5) is 5.69 Å². The Morgan fingerprint density at radius 1 is 1.21 bits per heavy atom. The number of nitrogens with one attached hydrogen (secondary N) is 1. The summed E-state index contributed by atoms with van der Waals surface area (Å²) in [5.41, 5.74) is 2.90. The predicted octanol–water partition coefficient (Wildman–Crippen LogP) is 4.97. The van der Waals surface area contributed by atoms with E-state index in [4.69, 9.17) is 23.2 Å². The molecule has 19 heavy (non-hydrogen) atoms. The number of benzene rings is 1. The lowest BCUT2D eigenvalue weighted by molar-refractivity contribution is 0.227. The van der Waals surface area contributed by atoms with E-state index in [1.54, 1.807) is 18.2 Å². The van der Waals surface area contributed by atoms with E-state index in [9.17, 15) is 5.21 Å². The lowest BCUT2D eigenvalue weighted by Gasteiger charge is -2.21. The third kappa shape index (κ3) is 4.37.